The van der Waals surface area contributed by atoms with Crippen LogP contribution in [0.4, 0.5) is 5.69 Å². The molecular formula is C8H6BN3. The monoisotopic (exact) mass is 155 g/mol. The van der Waals surface area contributed by atoms with Crippen molar-refractivity contribution in [2.45, 2.75) is 0 Å². The molecule has 0 atom stereocenters. The Morgan fingerprint density at radius 1 is 1.25 bits per heavy atom. The van der Waals surface area contributed by atoms with Crippen molar-refractivity contribution < 1.29 is 0 Å². The second kappa shape index (κ2) is 2.48. The highest BCUT2D eigenvalue weighted by atomic mass is 14.8. The van der Waals surface area contributed by atoms with E-state index in [1.807, 2.05) is 6.07 Å². The Balaban J connectivity index is 2.80. The minimum Gasteiger partial charge on any atom is -0.399 e. The van der Waals surface area contributed by atoms with Gasteiger partial charge in [0.05, 0.1) is 11.0 Å². The van der Waals surface area contributed by atoms with Crippen molar-refractivity contribution in [3.8, 4) is 0 Å². The van der Waals surface area contributed by atoms with Crippen molar-refractivity contribution in [3.63, 3.8) is 0 Å². The van der Waals surface area contributed by atoms with Gasteiger partial charge in [-0.1, -0.05) is 0 Å². The van der Waals surface area contributed by atoms with E-state index < -0.39 is 0 Å². The summed E-state index contributed by atoms with van der Waals surface area (Å²) in [6, 6.07) is 5.35. The van der Waals surface area contributed by atoms with Gasteiger partial charge in [0.15, 0.2) is 0 Å². The van der Waals surface area contributed by atoms with Crippen LogP contribution in [-0.2, 0) is 0 Å². The minimum absolute atomic E-state index is 0.410. The van der Waals surface area contributed by atoms with Crippen molar-refractivity contribution in [1.29, 1.82) is 0 Å². The molecule has 56 valence electrons. The first-order valence-electron chi connectivity index (χ1n) is 3.53. The van der Waals surface area contributed by atoms with Crippen LogP contribution in [0.5, 0.6) is 0 Å². The highest BCUT2D eigenvalue weighted by Gasteiger charge is 1.95. The van der Waals surface area contributed by atoms with E-state index in [1.165, 1.54) is 6.20 Å². The SMILES string of the molecule is [B]c1cnc2ccc(N)cc2n1. The predicted molar refractivity (Wildman–Crippen MR) is 49.3 cm³/mol. The van der Waals surface area contributed by atoms with E-state index in [2.05, 4.69) is 9.97 Å². The number of hydrogen-bond donors (Lipinski definition) is 1. The Kier molecular flexibility index (Phi) is 1.47. The number of anilines is 1. The second-order valence-corrected chi connectivity index (χ2v) is 2.54. The molecule has 12 heavy (non-hydrogen) atoms. The average Bonchev–Trinajstić information content (AvgIpc) is 2.03. The smallest absolute Gasteiger partial charge is 0.143 e. The standard InChI is InChI=1S/C8H6BN3/c9-8-4-11-6-2-1-5(10)3-7(6)12-8/h1-4H,10H2. The fourth-order valence-electron chi connectivity index (χ4n) is 1.04. The molecule has 1 aromatic carbocycles. The van der Waals surface area contributed by atoms with Crippen LogP contribution < -0.4 is 11.3 Å². The lowest BCUT2D eigenvalue weighted by Gasteiger charge is -1.98. The molecule has 2 aromatic rings. The van der Waals surface area contributed by atoms with Gasteiger partial charge in [0.1, 0.15) is 7.85 Å². The lowest BCUT2D eigenvalue weighted by Crippen LogP contribution is -2.08. The molecule has 0 bridgehead atoms. The Labute approximate surface area is 71.0 Å². The van der Waals surface area contributed by atoms with Crippen LogP contribution in [0.1, 0.15) is 0 Å². The highest BCUT2D eigenvalue weighted by Crippen LogP contribution is 2.10. The maximum absolute atomic E-state index is 5.57. The number of hydrogen-bond acceptors (Lipinski definition) is 3. The summed E-state index contributed by atoms with van der Waals surface area (Å²) in [4.78, 5) is 8.15. The van der Waals surface area contributed by atoms with E-state index >= 15 is 0 Å². The van der Waals surface area contributed by atoms with Crippen LogP contribution in [0.2, 0.25) is 0 Å². The van der Waals surface area contributed by atoms with Crippen LogP contribution in [0, 0.1) is 0 Å². The Morgan fingerprint density at radius 2 is 2.08 bits per heavy atom. The molecule has 0 aliphatic heterocycles. The number of fused-ring (bicyclic) bond motifs is 1. The summed E-state index contributed by atoms with van der Waals surface area (Å²) in [7, 11) is 5.46. The average molecular weight is 155 g/mol. The third-order valence-corrected chi connectivity index (χ3v) is 1.58. The van der Waals surface area contributed by atoms with E-state index in [0.29, 0.717) is 11.3 Å². The van der Waals surface area contributed by atoms with Crippen LogP contribution in [0.3, 0.4) is 0 Å². The maximum atomic E-state index is 5.57. The molecule has 1 aromatic heterocycles. The van der Waals surface area contributed by atoms with Crippen LogP contribution in [0.25, 0.3) is 11.0 Å². The predicted octanol–water partition coefficient (Wildman–Crippen LogP) is 0.00580. The first-order chi connectivity index (χ1) is 5.75. The Bertz CT molecular complexity index is 391. The van der Waals surface area contributed by atoms with Crippen LogP contribution in [-0.4, -0.2) is 17.8 Å². The normalized spacial score (nSPS) is 10.3. The number of benzene rings is 1. The zero-order valence-corrected chi connectivity index (χ0v) is 6.36. The number of nitrogens with zero attached hydrogens (tertiary/aromatic N) is 2. The highest BCUT2D eigenvalue weighted by molar-refractivity contribution is 6.30. The molecule has 0 amide bonds. The van der Waals surface area contributed by atoms with E-state index in [1.54, 1.807) is 12.1 Å². The summed E-state index contributed by atoms with van der Waals surface area (Å²) < 4.78 is 0. The van der Waals surface area contributed by atoms with Crippen LogP contribution >= 0.6 is 0 Å². The lowest BCUT2D eigenvalue weighted by atomic mass is 10.1. The van der Waals surface area contributed by atoms with Gasteiger partial charge >= 0.3 is 0 Å². The fourth-order valence-corrected chi connectivity index (χ4v) is 1.04. The molecule has 0 unspecified atom stereocenters. The van der Waals surface area contributed by atoms with Crippen molar-refractivity contribution >= 4 is 30.2 Å². The molecule has 2 rings (SSSR count). The van der Waals surface area contributed by atoms with Gasteiger partial charge in [0.25, 0.3) is 0 Å². The molecule has 0 aliphatic carbocycles. The largest absolute Gasteiger partial charge is 0.399 e. The topological polar surface area (TPSA) is 51.8 Å². The molecule has 2 N–H and O–H groups in total. The molecule has 1 heterocycles. The third-order valence-electron chi connectivity index (χ3n) is 1.58. The van der Waals surface area contributed by atoms with E-state index in [-0.39, 0.29) is 0 Å². The van der Waals surface area contributed by atoms with Crippen molar-refractivity contribution in [3.05, 3.63) is 24.4 Å². The van der Waals surface area contributed by atoms with E-state index in [4.69, 9.17) is 13.6 Å². The van der Waals surface area contributed by atoms with Crippen molar-refractivity contribution in [1.82, 2.24) is 9.97 Å². The fraction of sp³-hybridized carbons (Fsp3) is 0. The van der Waals surface area contributed by atoms with Gasteiger partial charge in [-0.05, 0) is 18.2 Å². The maximum Gasteiger partial charge on any atom is 0.143 e. The zero-order valence-electron chi connectivity index (χ0n) is 6.36. The molecule has 0 saturated heterocycles. The number of aromatic nitrogens is 2. The first-order valence-corrected chi connectivity index (χ1v) is 3.53. The van der Waals surface area contributed by atoms with Crippen molar-refractivity contribution in [2.75, 3.05) is 5.73 Å². The van der Waals surface area contributed by atoms with Gasteiger partial charge < -0.3 is 5.73 Å². The molecule has 0 spiro atoms. The Hall–Kier alpha value is -1.58. The van der Waals surface area contributed by atoms with Gasteiger partial charge in [0.2, 0.25) is 0 Å². The molecule has 2 radical (unpaired) electrons. The summed E-state index contributed by atoms with van der Waals surface area (Å²) in [5, 5.41) is 0. The molecule has 0 aliphatic rings. The summed E-state index contributed by atoms with van der Waals surface area (Å²) >= 11 is 0. The Morgan fingerprint density at radius 3 is 2.92 bits per heavy atom. The molecule has 0 saturated carbocycles. The summed E-state index contributed by atoms with van der Waals surface area (Å²) in [5.41, 5.74) is 8.18. The van der Waals surface area contributed by atoms with Gasteiger partial charge in [-0.15, -0.1) is 0 Å². The van der Waals surface area contributed by atoms with Crippen molar-refractivity contribution in [2.24, 2.45) is 0 Å². The summed E-state index contributed by atoms with van der Waals surface area (Å²) in [6.45, 7) is 0. The van der Waals surface area contributed by atoms with Crippen LogP contribution in [0.15, 0.2) is 24.4 Å². The van der Waals surface area contributed by atoms with E-state index in [9.17, 15) is 0 Å². The lowest BCUT2D eigenvalue weighted by molar-refractivity contribution is 1.34. The third kappa shape index (κ3) is 1.11. The number of nitrogen functional groups attached to an aromatic ring is 1. The number of nitrogens with two attached hydrogens (primary N) is 1. The van der Waals surface area contributed by atoms with Gasteiger partial charge in [-0.3, -0.25) is 9.97 Å². The minimum atomic E-state index is 0.410. The van der Waals surface area contributed by atoms with E-state index in [0.717, 1.165) is 11.0 Å². The number of rotatable bonds is 0. The molecule has 3 nitrogen and oxygen atoms in total. The first kappa shape index (κ1) is 7.09. The molecular weight excluding hydrogens is 149 g/mol. The zero-order chi connectivity index (χ0) is 8.55. The van der Waals surface area contributed by atoms with Gasteiger partial charge in [-0.2, -0.15) is 0 Å². The quantitative estimate of drug-likeness (QED) is 0.430. The summed E-state index contributed by atoms with van der Waals surface area (Å²) in [6.07, 6.45) is 1.53. The second-order valence-electron chi connectivity index (χ2n) is 2.54. The summed E-state index contributed by atoms with van der Waals surface area (Å²) in [5.74, 6) is 0. The van der Waals surface area contributed by atoms with Gasteiger partial charge in [-0.25, -0.2) is 0 Å². The molecule has 0 fully saturated rings. The molecule has 4 heteroatoms. The van der Waals surface area contributed by atoms with Gasteiger partial charge in [0, 0.05) is 17.5 Å².